The van der Waals surface area contributed by atoms with E-state index in [9.17, 15) is 9.59 Å². The fourth-order valence-electron chi connectivity index (χ4n) is 3.70. The number of fused-ring (bicyclic) bond motifs is 1. The summed E-state index contributed by atoms with van der Waals surface area (Å²) >= 11 is 0. The van der Waals surface area contributed by atoms with Crippen LogP contribution in [0.1, 0.15) is 48.7 Å². The molecule has 6 nitrogen and oxygen atoms in total. The third-order valence-electron chi connectivity index (χ3n) is 5.19. The minimum absolute atomic E-state index is 0.0615. The fourth-order valence-corrected chi connectivity index (χ4v) is 3.70. The van der Waals surface area contributed by atoms with E-state index in [4.69, 9.17) is 4.42 Å². The zero-order valence-electron chi connectivity index (χ0n) is 15.9. The average molecular weight is 377 g/mol. The molecule has 6 heteroatoms. The second-order valence-corrected chi connectivity index (χ2v) is 7.19. The number of nitrogens with one attached hydrogen (secondary N) is 3. The van der Waals surface area contributed by atoms with Crippen molar-refractivity contribution < 1.29 is 14.0 Å². The highest BCUT2D eigenvalue weighted by molar-refractivity contribution is 5.90. The molecule has 4 rings (SSSR count). The summed E-state index contributed by atoms with van der Waals surface area (Å²) in [5.41, 5.74) is 3.59. The van der Waals surface area contributed by atoms with Gasteiger partial charge < -0.3 is 20.4 Å². The van der Waals surface area contributed by atoms with Gasteiger partial charge in [-0.05, 0) is 44.0 Å². The molecule has 0 saturated carbocycles. The number of aryl methyl sites for hydroxylation is 1. The van der Waals surface area contributed by atoms with Crippen molar-refractivity contribution in [2.45, 2.75) is 38.8 Å². The largest absolute Gasteiger partial charge is 0.459 e. The number of rotatable bonds is 4. The molecule has 2 heterocycles. The quantitative estimate of drug-likeness (QED) is 0.622. The van der Waals surface area contributed by atoms with Gasteiger partial charge in [-0.3, -0.25) is 4.79 Å². The molecule has 1 fully saturated rings. The van der Waals surface area contributed by atoms with Gasteiger partial charge in [0.05, 0.1) is 12.1 Å². The first-order chi connectivity index (χ1) is 13.5. The van der Waals surface area contributed by atoms with Gasteiger partial charge in [0.15, 0.2) is 0 Å². The molecule has 1 unspecified atom stereocenters. The van der Waals surface area contributed by atoms with Crippen molar-refractivity contribution in [1.29, 1.82) is 0 Å². The topological polar surface area (TPSA) is 83.4 Å². The summed E-state index contributed by atoms with van der Waals surface area (Å²) in [6.07, 6.45) is 1.37. The van der Waals surface area contributed by atoms with Gasteiger partial charge in [0, 0.05) is 23.1 Å². The van der Waals surface area contributed by atoms with Gasteiger partial charge in [0.1, 0.15) is 11.3 Å². The molecule has 28 heavy (non-hydrogen) atoms. The maximum Gasteiger partial charge on any atom is 0.319 e. The van der Waals surface area contributed by atoms with Crippen LogP contribution >= 0.6 is 0 Å². The number of para-hydroxylation sites is 1. The number of urea groups is 1. The van der Waals surface area contributed by atoms with Crippen molar-refractivity contribution in [1.82, 2.24) is 10.6 Å². The zero-order chi connectivity index (χ0) is 19.7. The summed E-state index contributed by atoms with van der Waals surface area (Å²) in [4.78, 5) is 23.7. The lowest BCUT2D eigenvalue weighted by Crippen LogP contribution is -2.31. The molecule has 0 radical (unpaired) electrons. The van der Waals surface area contributed by atoms with Gasteiger partial charge in [-0.2, -0.15) is 0 Å². The van der Waals surface area contributed by atoms with Crippen molar-refractivity contribution in [3.63, 3.8) is 0 Å². The number of furan rings is 1. The molecule has 1 aromatic heterocycles. The summed E-state index contributed by atoms with van der Waals surface area (Å²) in [5.74, 6) is 0.838. The second-order valence-electron chi connectivity index (χ2n) is 7.19. The van der Waals surface area contributed by atoms with E-state index in [1.165, 1.54) is 0 Å². The van der Waals surface area contributed by atoms with Crippen molar-refractivity contribution in [3.8, 4) is 0 Å². The minimum atomic E-state index is -0.297. The molecule has 3 amide bonds. The van der Waals surface area contributed by atoms with E-state index in [1.807, 2.05) is 62.4 Å². The molecule has 3 aromatic rings. The standard InChI is InChI=1S/C22H23N3O3/c1-13-17-5-3-4-6-19(17)28-21(13)14(2)23-22(27)24-16-9-7-15(8-10-16)18-11-12-20(26)25-18/h3-10,14,18H,11-12H2,1-2H3,(H,25,26)(H2,23,24,27)/t14-,18?/m1/s1. The van der Waals surface area contributed by atoms with E-state index in [-0.39, 0.29) is 24.0 Å². The van der Waals surface area contributed by atoms with Crippen molar-refractivity contribution in [2.75, 3.05) is 5.32 Å². The van der Waals surface area contributed by atoms with E-state index in [0.717, 1.165) is 34.3 Å². The number of amides is 3. The molecule has 2 aromatic carbocycles. The Balaban J connectivity index is 1.39. The van der Waals surface area contributed by atoms with Crippen LogP contribution in [0.4, 0.5) is 10.5 Å². The fraction of sp³-hybridized carbons (Fsp3) is 0.273. The Morgan fingerprint density at radius 2 is 1.93 bits per heavy atom. The molecule has 1 aliphatic rings. The summed E-state index contributed by atoms with van der Waals surface area (Å²) in [6, 6.07) is 14.9. The molecule has 144 valence electrons. The lowest BCUT2D eigenvalue weighted by atomic mass is 10.1. The first-order valence-corrected chi connectivity index (χ1v) is 9.46. The third kappa shape index (κ3) is 3.58. The normalized spacial score (nSPS) is 17.4. The number of hydrogen-bond acceptors (Lipinski definition) is 3. The summed E-state index contributed by atoms with van der Waals surface area (Å²) in [6.45, 7) is 3.90. The molecule has 1 aliphatic heterocycles. The first-order valence-electron chi connectivity index (χ1n) is 9.46. The molecule has 2 atom stereocenters. The predicted molar refractivity (Wildman–Crippen MR) is 108 cm³/mol. The first kappa shape index (κ1) is 18.1. The van der Waals surface area contributed by atoms with Crippen molar-refractivity contribution >= 4 is 28.6 Å². The molecular weight excluding hydrogens is 354 g/mol. The predicted octanol–water partition coefficient (Wildman–Crippen LogP) is 4.58. The Kier molecular flexibility index (Phi) is 4.77. The minimum Gasteiger partial charge on any atom is -0.459 e. The molecule has 3 N–H and O–H groups in total. The number of hydrogen-bond donors (Lipinski definition) is 3. The van der Waals surface area contributed by atoms with Crippen LogP contribution in [0.3, 0.4) is 0 Å². The lowest BCUT2D eigenvalue weighted by Gasteiger charge is -2.15. The van der Waals surface area contributed by atoms with Crippen LogP contribution in [0, 0.1) is 6.92 Å². The zero-order valence-corrected chi connectivity index (χ0v) is 15.9. The van der Waals surface area contributed by atoms with Gasteiger partial charge >= 0.3 is 6.03 Å². The highest BCUT2D eigenvalue weighted by Crippen LogP contribution is 2.29. The van der Waals surface area contributed by atoms with Crippen LogP contribution in [0.25, 0.3) is 11.0 Å². The second kappa shape index (κ2) is 7.38. The Hall–Kier alpha value is -3.28. The van der Waals surface area contributed by atoms with Crippen LogP contribution in [0.2, 0.25) is 0 Å². The van der Waals surface area contributed by atoms with Crippen molar-refractivity contribution in [2.24, 2.45) is 0 Å². The van der Waals surface area contributed by atoms with E-state index in [1.54, 1.807) is 0 Å². The number of benzene rings is 2. The third-order valence-corrected chi connectivity index (χ3v) is 5.19. The Bertz CT molecular complexity index is 1020. The van der Waals surface area contributed by atoms with Gasteiger partial charge in [0.25, 0.3) is 0 Å². The summed E-state index contributed by atoms with van der Waals surface area (Å²) < 4.78 is 5.92. The average Bonchev–Trinajstić information content (AvgIpc) is 3.26. The van der Waals surface area contributed by atoms with E-state index < -0.39 is 0 Å². The molecule has 0 aliphatic carbocycles. The maximum atomic E-state index is 12.4. The van der Waals surface area contributed by atoms with Crippen molar-refractivity contribution in [3.05, 3.63) is 65.4 Å². The summed E-state index contributed by atoms with van der Waals surface area (Å²) in [7, 11) is 0. The van der Waals surface area contributed by atoms with E-state index >= 15 is 0 Å². The Morgan fingerprint density at radius 3 is 2.61 bits per heavy atom. The summed E-state index contributed by atoms with van der Waals surface area (Å²) in [5, 5.41) is 9.76. The molecule has 1 saturated heterocycles. The smallest absolute Gasteiger partial charge is 0.319 e. The van der Waals surface area contributed by atoms with Gasteiger partial charge in [-0.25, -0.2) is 4.79 Å². The number of carbonyl (C=O) groups is 2. The highest BCUT2D eigenvalue weighted by Gasteiger charge is 2.22. The van der Waals surface area contributed by atoms with E-state index in [0.29, 0.717) is 12.1 Å². The molecule has 0 bridgehead atoms. The van der Waals surface area contributed by atoms with E-state index in [2.05, 4.69) is 16.0 Å². The number of anilines is 1. The Labute approximate surface area is 163 Å². The van der Waals surface area contributed by atoms with Crippen LogP contribution in [-0.4, -0.2) is 11.9 Å². The monoisotopic (exact) mass is 377 g/mol. The SMILES string of the molecule is Cc1c([C@@H](C)NC(=O)Nc2ccc(C3CCC(=O)N3)cc2)oc2ccccc12. The lowest BCUT2D eigenvalue weighted by molar-refractivity contribution is -0.119. The number of carbonyl (C=O) groups excluding carboxylic acids is 2. The molecule has 0 spiro atoms. The van der Waals surface area contributed by atoms with Gasteiger partial charge in [0.2, 0.25) is 5.91 Å². The van der Waals surface area contributed by atoms with Crippen LogP contribution in [0.5, 0.6) is 0 Å². The van der Waals surface area contributed by atoms with Crippen LogP contribution in [0.15, 0.2) is 52.9 Å². The molecular formula is C22H23N3O3. The maximum absolute atomic E-state index is 12.4. The van der Waals surface area contributed by atoms with Gasteiger partial charge in [-0.15, -0.1) is 0 Å². The highest BCUT2D eigenvalue weighted by atomic mass is 16.3. The van der Waals surface area contributed by atoms with Gasteiger partial charge in [-0.1, -0.05) is 30.3 Å². The van der Waals surface area contributed by atoms with Crippen LogP contribution < -0.4 is 16.0 Å². The van der Waals surface area contributed by atoms with Crippen LogP contribution in [-0.2, 0) is 4.79 Å². The Morgan fingerprint density at radius 1 is 1.18 bits per heavy atom.